The van der Waals surface area contributed by atoms with E-state index in [1.54, 1.807) is 17.0 Å². The first-order valence-corrected chi connectivity index (χ1v) is 10.8. The summed E-state index contributed by atoms with van der Waals surface area (Å²) in [5.41, 5.74) is 0.821. The fourth-order valence-electron chi connectivity index (χ4n) is 4.10. The molecule has 0 radical (unpaired) electrons. The van der Waals surface area contributed by atoms with Crippen LogP contribution in [0.1, 0.15) is 27.9 Å². The number of benzene rings is 3. The first-order valence-electron chi connectivity index (χ1n) is 10.4. The molecule has 1 amide bonds. The van der Waals surface area contributed by atoms with Gasteiger partial charge >= 0.3 is 0 Å². The van der Waals surface area contributed by atoms with E-state index < -0.39 is 29.2 Å². The van der Waals surface area contributed by atoms with E-state index in [9.17, 15) is 22.4 Å². The van der Waals surface area contributed by atoms with Gasteiger partial charge in [-0.3, -0.25) is 4.79 Å². The Morgan fingerprint density at radius 2 is 1.82 bits per heavy atom. The van der Waals surface area contributed by atoms with Crippen molar-refractivity contribution in [1.29, 1.82) is 5.26 Å². The molecule has 4 rings (SSSR count). The van der Waals surface area contributed by atoms with E-state index in [1.165, 1.54) is 23.1 Å². The molecule has 1 aliphatic heterocycles. The summed E-state index contributed by atoms with van der Waals surface area (Å²) in [7, 11) is 0. The highest BCUT2D eigenvalue weighted by Crippen LogP contribution is 2.30. The van der Waals surface area contributed by atoms with Crippen LogP contribution < -0.4 is 4.90 Å². The summed E-state index contributed by atoms with van der Waals surface area (Å²) in [4.78, 5) is 16.1. The summed E-state index contributed by atoms with van der Waals surface area (Å²) in [6.45, 7) is 0.465. The van der Waals surface area contributed by atoms with Crippen LogP contribution in [0.4, 0.5) is 23.2 Å². The molecule has 1 saturated heterocycles. The number of halogens is 5. The molecule has 174 valence electrons. The van der Waals surface area contributed by atoms with Gasteiger partial charge in [-0.15, -0.1) is 0 Å². The van der Waals surface area contributed by atoms with E-state index in [4.69, 9.17) is 16.9 Å². The Labute approximate surface area is 198 Å². The van der Waals surface area contributed by atoms with Crippen LogP contribution in [0.2, 0.25) is 5.02 Å². The van der Waals surface area contributed by atoms with Gasteiger partial charge in [-0.1, -0.05) is 23.7 Å². The molecule has 3 aromatic carbocycles. The lowest BCUT2D eigenvalue weighted by Gasteiger charge is -2.32. The van der Waals surface area contributed by atoms with Gasteiger partial charge in [0.25, 0.3) is 5.91 Å². The summed E-state index contributed by atoms with van der Waals surface area (Å²) < 4.78 is 55.5. The molecule has 1 fully saturated rings. The average molecular weight is 488 g/mol. The topological polar surface area (TPSA) is 47.3 Å². The quantitative estimate of drug-likeness (QED) is 0.434. The number of nitrogens with zero attached hydrogens (tertiary/aromatic N) is 3. The van der Waals surface area contributed by atoms with Gasteiger partial charge in [0.15, 0.2) is 11.6 Å². The van der Waals surface area contributed by atoms with Crippen LogP contribution >= 0.6 is 11.6 Å². The minimum absolute atomic E-state index is 0.0207. The maximum atomic E-state index is 14.5. The molecule has 3 aromatic rings. The van der Waals surface area contributed by atoms with Crippen molar-refractivity contribution in [2.24, 2.45) is 0 Å². The Bertz CT molecular complexity index is 1270. The third-order valence-electron chi connectivity index (χ3n) is 5.78. The summed E-state index contributed by atoms with van der Waals surface area (Å²) in [6, 6.07) is 12.9. The Balaban J connectivity index is 1.64. The molecular weight excluding hydrogens is 470 g/mol. The number of carbonyl (C=O) groups excluding carboxylic acids is 1. The molecule has 0 N–H and O–H groups in total. The van der Waals surface area contributed by atoms with Crippen molar-refractivity contribution >= 4 is 23.2 Å². The lowest BCUT2D eigenvalue weighted by atomic mass is 10.1. The first-order chi connectivity index (χ1) is 16.3. The van der Waals surface area contributed by atoms with Gasteiger partial charge in [0.1, 0.15) is 17.7 Å². The SMILES string of the molecule is N#Cc1ccc(N(Cc2cccc(F)c2F)[C@H]2CCN(C(=O)c3cc(F)cc(F)c3)C2)cc1Cl. The number of hydrogen-bond donors (Lipinski definition) is 0. The normalized spacial score (nSPS) is 15.3. The van der Waals surface area contributed by atoms with Gasteiger partial charge in [-0.05, 0) is 42.8 Å². The summed E-state index contributed by atoms with van der Waals surface area (Å²) in [6.07, 6.45) is 0.470. The van der Waals surface area contributed by atoms with Crippen molar-refractivity contribution in [2.75, 3.05) is 18.0 Å². The fourth-order valence-corrected chi connectivity index (χ4v) is 4.32. The molecule has 34 heavy (non-hydrogen) atoms. The Morgan fingerprint density at radius 1 is 1.09 bits per heavy atom. The second-order valence-corrected chi connectivity index (χ2v) is 8.38. The Morgan fingerprint density at radius 3 is 2.50 bits per heavy atom. The summed E-state index contributed by atoms with van der Waals surface area (Å²) >= 11 is 6.21. The molecule has 1 atom stereocenters. The van der Waals surface area contributed by atoms with Crippen LogP contribution in [0, 0.1) is 34.6 Å². The van der Waals surface area contributed by atoms with Crippen LogP contribution in [0.25, 0.3) is 0 Å². The van der Waals surface area contributed by atoms with E-state index in [-0.39, 0.29) is 40.8 Å². The van der Waals surface area contributed by atoms with Crippen LogP contribution in [0.5, 0.6) is 0 Å². The highest BCUT2D eigenvalue weighted by molar-refractivity contribution is 6.32. The van der Waals surface area contributed by atoms with Crippen molar-refractivity contribution < 1.29 is 22.4 Å². The minimum atomic E-state index is -0.980. The summed E-state index contributed by atoms with van der Waals surface area (Å²) in [5, 5.41) is 9.37. The van der Waals surface area contributed by atoms with Crippen molar-refractivity contribution in [2.45, 2.75) is 19.0 Å². The average Bonchev–Trinajstić information content (AvgIpc) is 3.28. The Hall–Kier alpha value is -3.57. The third kappa shape index (κ3) is 4.85. The maximum Gasteiger partial charge on any atom is 0.254 e. The van der Waals surface area contributed by atoms with E-state index in [0.29, 0.717) is 24.7 Å². The van der Waals surface area contributed by atoms with Gasteiger partial charge in [0.2, 0.25) is 0 Å². The lowest BCUT2D eigenvalue weighted by molar-refractivity contribution is 0.0789. The van der Waals surface area contributed by atoms with Crippen molar-refractivity contribution in [3.63, 3.8) is 0 Å². The maximum absolute atomic E-state index is 14.5. The molecule has 9 heteroatoms. The molecule has 0 bridgehead atoms. The highest BCUT2D eigenvalue weighted by Gasteiger charge is 2.32. The molecule has 0 spiro atoms. The second kappa shape index (κ2) is 9.74. The van der Waals surface area contributed by atoms with Gasteiger partial charge < -0.3 is 9.80 Å². The van der Waals surface area contributed by atoms with E-state index in [1.807, 2.05) is 6.07 Å². The zero-order valence-corrected chi connectivity index (χ0v) is 18.5. The third-order valence-corrected chi connectivity index (χ3v) is 6.09. The Kier molecular flexibility index (Phi) is 6.75. The van der Waals surface area contributed by atoms with Crippen molar-refractivity contribution in [3.8, 4) is 6.07 Å². The van der Waals surface area contributed by atoms with E-state index in [2.05, 4.69) is 0 Å². The number of likely N-dealkylation sites (tertiary alicyclic amines) is 1. The van der Waals surface area contributed by atoms with Crippen LogP contribution in [-0.2, 0) is 6.54 Å². The molecule has 0 unspecified atom stereocenters. The molecule has 1 heterocycles. The number of anilines is 1. The van der Waals surface area contributed by atoms with Gasteiger partial charge in [0.05, 0.1) is 10.6 Å². The highest BCUT2D eigenvalue weighted by atomic mass is 35.5. The predicted octanol–water partition coefficient (Wildman–Crippen LogP) is 5.69. The lowest BCUT2D eigenvalue weighted by Crippen LogP contribution is -2.39. The molecule has 0 aliphatic carbocycles. The largest absolute Gasteiger partial charge is 0.362 e. The number of amides is 1. The van der Waals surface area contributed by atoms with E-state index in [0.717, 1.165) is 18.2 Å². The monoisotopic (exact) mass is 487 g/mol. The summed E-state index contributed by atoms with van der Waals surface area (Å²) in [5.74, 6) is -4.19. The second-order valence-electron chi connectivity index (χ2n) is 7.97. The predicted molar refractivity (Wildman–Crippen MR) is 119 cm³/mol. The fraction of sp³-hybridized carbons (Fsp3) is 0.200. The minimum Gasteiger partial charge on any atom is -0.362 e. The van der Waals surface area contributed by atoms with Gasteiger partial charge in [-0.2, -0.15) is 5.26 Å². The van der Waals surface area contributed by atoms with Crippen LogP contribution in [-0.4, -0.2) is 29.9 Å². The van der Waals surface area contributed by atoms with Crippen LogP contribution in [0.15, 0.2) is 54.6 Å². The number of hydrogen-bond acceptors (Lipinski definition) is 3. The van der Waals surface area contributed by atoms with Crippen molar-refractivity contribution in [1.82, 2.24) is 4.90 Å². The molecule has 0 saturated carbocycles. The first kappa shape index (κ1) is 23.6. The molecular formula is C25H18ClF4N3O. The smallest absolute Gasteiger partial charge is 0.254 e. The zero-order chi connectivity index (χ0) is 24.4. The van der Waals surface area contributed by atoms with Crippen LogP contribution in [0.3, 0.4) is 0 Å². The molecule has 1 aliphatic rings. The standard InChI is InChI=1S/C25H18ClF4N3O/c26-22-11-20(5-4-15(22)12-31)33(13-16-2-1-3-23(29)24(16)30)21-6-7-32(14-21)25(34)17-8-18(27)10-19(28)9-17/h1-5,8-11,21H,6-7,13-14H2/t21-/m0/s1. The van der Waals surface area contributed by atoms with Gasteiger partial charge in [0, 0.05) is 48.6 Å². The number of rotatable bonds is 5. The molecule has 0 aromatic heterocycles. The number of carbonyl (C=O) groups is 1. The zero-order valence-electron chi connectivity index (χ0n) is 17.7. The van der Waals surface area contributed by atoms with Crippen molar-refractivity contribution in [3.05, 3.63) is 99.6 Å². The van der Waals surface area contributed by atoms with E-state index >= 15 is 0 Å². The number of nitriles is 1. The molecule has 4 nitrogen and oxygen atoms in total. The van der Waals surface area contributed by atoms with Gasteiger partial charge in [-0.25, -0.2) is 17.6 Å².